The van der Waals surface area contributed by atoms with Gasteiger partial charge in [-0.3, -0.25) is 0 Å². The van der Waals surface area contributed by atoms with Crippen molar-refractivity contribution in [1.29, 1.82) is 5.26 Å². The van der Waals surface area contributed by atoms with E-state index in [9.17, 15) is 0 Å². The summed E-state index contributed by atoms with van der Waals surface area (Å²) in [4.78, 5) is 0. The molecule has 0 saturated carbocycles. The van der Waals surface area contributed by atoms with E-state index < -0.39 is 0 Å². The smallest absolute Gasteiger partial charge is 0.137 e. The van der Waals surface area contributed by atoms with Crippen molar-refractivity contribution in [2.45, 2.75) is 13.5 Å². The first-order valence-electron chi connectivity index (χ1n) is 6.20. The van der Waals surface area contributed by atoms with Crippen LogP contribution in [0.3, 0.4) is 0 Å². The summed E-state index contributed by atoms with van der Waals surface area (Å²) in [5.74, 6) is 1.32. The van der Waals surface area contributed by atoms with Crippen LogP contribution in [0.4, 0.5) is 5.69 Å². The van der Waals surface area contributed by atoms with Gasteiger partial charge in [0.15, 0.2) is 0 Å². The molecule has 0 amide bonds. The molecule has 0 aliphatic rings. The number of anilines is 1. The van der Waals surface area contributed by atoms with Crippen molar-refractivity contribution in [2.75, 3.05) is 12.8 Å². The van der Waals surface area contributed by atoms with Crippen LogP contribution in [0.5, 0.6) is 11.5 Å². The zero-order valence-electron chi connectivity index (χ0n) is 11.5. The molecule has 20 heavy (non-hydrogen) atoms. The monoisotopic (exact) mass is 268 g/mol. The molecule has 0 aliphatic carbocycles. The van der Waals surface area contributed by atoms with E-state index in [0.717, 1.165) is 22.6 Å². The highest BCUT2D eigenvalue weighted by Crippen LogP contribution is 2.22. The summed E-state index contributed by atoms with van der Waals surface area (Å²) in [6.45, 7) is 2.35. The van der Waals surface area contributed by atoms with Gasteiger partial charge in [0, 0.05) is 5.69 Å². The molecule has 0 spiro atoms. The number of ether oxygens (including phenoxy) is 2. The maximum absolute atomic E-state index is 8.93. The van der Waals surface area contributed by atoms with Crippen LogP contribution in [0.2, 0.25) is 0 Å². The Labute approximate surface area is 118 Å². The van der Waals surface area contributed by atoms with Crippen LogP contribution in [0.25, 0.3) is 0 Å². The van der Waals surface area contributed by atoms with Gasteiger partial charge in [-0.15, -0.1) is 0 Å². The van der Waals surface area contributed by atoms with E-state index in [2.05, 4.69) is 6.07 Å². The summed E-state index contributed by atoms with van der Waals surface area (Å²) in [5, 5.41) is 8.93. The predicted octanol–water partition coefficient (Wildman–Crippen LogP) is 3.04. The number of benzene rings is 2. The maximum Gasteiger partial charge on any atom is 0.137 e. The van der Waals surface area contributed by atoms with Crippen LogP contribution in [0.15, 0.2) is 36.4 Å². The van der Waals surface area contributed by atoms with E-state index in [1.807, 2.05) is 37.3 Å². The lowest BCUT2D eigenvalue weighted by Gasteiger charge is -2.10. The number of hydrogen-bond donors (Lipinski definition) is 1. The van der Waals surface area contributed by atoms with E-state index >= 15 is 0 Å². The van der Waals surface area contributed by atoms with E-state index in [1.165, 1.54) is 0 Å². The summed E-state index contributed by atoms with van der Waals surface area (Å²) in [6.07, 6.45) is 0. The molecule has 2 aromatic rings. The van der Waals surface area contributed by atoms with Crippen molar-refractivity contribution in [3.8, 4) is 17.6 Å². The molecule has 0 fully saturated rings. The van der Waals surface area contributed by atoms with Gasteiger partial charge in [0.2, 0.25) is 0 Å². The molecule has 0 heterocycles. The van der Waals surface area contributed by atoms with Gasteiger partial charge in [-0.2, -0.15) is 5.26 Å². The fourth-order valence-corrected chi connectivity index (χ4v) is 1.82. The van der Waals surface area contributed by atoms with Crippen molar-refractivity contribution in [3.05, 3.63) is 53.1 Å². The minimum absolute atomic E-state index is 0.408. The van der Waals surface area contributed by atoms with Crippen molar-refractivity contribution in [1.82, 2.24) is 0 Å². The minimum Gasteiger partial charge on any atom is -0.495 e. The summed E-state index contributed by atoms with van der Waals surface area (Å²) < 4.78 is 10.9. The molecule has 0 bridgehead atoms. The second-order valence-corrected chi connectivity index (χ2v) is 4.45. The van der Waals surface area contributed by atoms with Gasteiger partial charge in [0.25, 0.3) is 0 Å². The molecule has 0 unspecified atom stereocenters. The number of nitrogen functional groups attached to an aromatic ring is 1. The number of nitrogens with zero attached hydrogens (tertiary/aromatic N) is 1. The van der Waals surface area contributed by atoms with Gasteiger partial charge in [0.05, 0.1) is 12.7 Å². The summed E-state index contributed by atoms with van der Waals surface area (Å²) >= 11 is 0. The Morgan fingerprint density at radius 1 is 1.20 bits per heavy atom. The Bertz CT molecular complexity index is 660. The van der Waals surface area contributed by atoms with Crippen molar-refractivity contribution < 1.29 is 9.47 Å². The van der Waals surface area contributed by atoms with Gasteiger partial charge < -0.3 is 15.2 Å². The van der Waals surface area contributed by atoms with Crippen molar-refractivity contribution >= 4 is 5.69 Å². The standard InChI is InChI=1S/C16H16N2O2/c1-11-7-14(5-6-15(11)18)20-10-12-3-4-13(9-17)16(8-12)19-2/h3-8H,10,18H2,1-2H3. The SMILES string of the molecule is COc1cc(COc2ccc(N)c(C)c2)ccc1C#N. The Balaban J connectivity index is 2.11. The summed E-state index contributed by atoms with van der Waals surface area (Å²) in [5.41, 5.74) is 8.95. The number of nitriles is 1. The maximum atomic E-state index is 8.93. The van der Waals surface area contributed by atoms with E-state index in [0.29, 0.717) is 17.9 Å². The molecule has 4 nitrogen and oxygen atoms in total. The fraction of sp³-hybridized carbons (Fsp3) is 0.188. The lowest BCUT2D eigenvalue weighted by Crippen LogP contribution is -1.98. The van der Waals surface area contributed by atoms with Gasteiger partial charge in [-0.05, 0) is 48.4 Å². The van der Waals surface area contributed by atoms with Gasteiger partial charge >= 0.3 is 0 Å². The lowest BCUT2D eigenvalue weighted by atomic mass is 10.1. The van der Waals surface area contributed by atoms with Crippen molar-refractivity contribution in [2.24, 2.45) is 0 Å². The molecule has 0 atom stereocenters. The largest absolute Gasteiger partial charge is 0.495 e. The first-order valence-corrected chi connectivity index (χ1v) is 6.20. The summed E-state index contributed by atoms with van der Waals surface area (Å²) in [6, 6.07) is 13.0. The third-order valence-corrected chi connectivity index (χ3v) is 3.03. The zero-order chi connectivity index (χ0) is 14.5. The molecule has 4 heteroatoms. The molecular weight excluding hydrogens is 252 g/mol. The molecule has 102 valence electrons. The molecule has 0 aliphatic heterocycles. The van der Waals surface area contributed by atoms with Crippen LogP contribution in [-0.2, 0) is 6.61 Å². The second-order valence-electron chi connectivity index (χ2n) is 4.45. The minimum atomic E-state index is 0.408. The van der Waals surface area contributed by atoms with Crippen LogP contribution in [-0.4, -0.2) is 7.11 Å². The highest BCUT2D eigenvalue weighted by molar-refractivity contribution is 5.49. The molecular formula is C16H16N2O2. The average molecular weight is 268 g/mol. The predicted molar refractivity (Wildman–Crippen MR) is 77.6 cm³/mol. The highest BCUT2D eigenvalue weighted by atomic mass is 16.5. The number of rotatable bonds is 4. The van der Waals surface area contributed by atoms with Crippen LogP contribution >= 0.6 is 0 Å². The first kappa shape index (κ1) is 13.8. The number of methoxy groups -OCH3 is 1. The fourth-order valence-electron chi connectivity index (χ4n) is 1.82. The number of hydrogen-bond acceptors (Lipinski definition) is 4. The first-order chi connectivity index (χ1) is 9.63. The van der Waals surface area contributed by atoms with Gasteiger partial charge in [-0.25, -0.2) is 0 Å². The van der Waals surface area contributed by atoms with E-state index in [4.69, 9.17) is 20.5 Å². The van der Waals surface area contributed by atoms with E-state index in [-0.39, 0.29) is 0 Å². The number of nitrogens with two attached hydrogens (primary N) is 1. The molecule has 0 radical (unpaired) electrons. The van der Waals surface area contributed by atoms with Crippen LogP contribution < -0.4 is 15.2 Å². The molecule has 0 saturated heterocycles. The molecule has 0 aromatic heterocycles. The molecule has 2 rings (SSSR count). The van der Waals surface area contributed by atoms with Gasteiger partial charge in [-0.1, -0.05) is 6.07 Å². The Morgan fingerprint density at radius 2 is 2.00 bits per heavy atom. The Hall–Kier alpha value is -2.67. The van der Waals surface area contributed by atoms with Gasteiger partial charge in [0.1, 0.15) is 24.2 Å². The van der Waals surface area contributed by atoms with Crippen molar-refractivity contribution in [3.63, 3.8) is 0 Å². The van der Waals surface area contributed by atoms with Crippen LogP contribution in [0, 0.1) is 18.3 Å². The molecule has 2 N–H and O–H groups in total. The van der Waals surface area contributed by atoms with E-state index in [1.54, 1.807) is 13.2 Å². The zero-order valence-corrected chi connectivity index (χ0v) is 11.5. The third kappa shape index (κ3) is 3.01. The normalized spacial score (nSPS) is 9.85. The summed E-state index contributed by atoms with van der Waals surface area (Å²) in [7, 11) is 1.55. The second kappa shape index (κ2) is 5.98. The number of aryl methyl sites for hydroxylation is 1. The third-order valence-electron chi connectivity index (χ3n) is 3.03. The highest BCUT2D eigenvalue weighted by Gasteiger charge is 2.05. The molecule has 2 aromatic carbocycles. The van der Waals surface area contributed by atoms with Crippen LogP contribution in [0.1, 0.15) is 16.7 Å². The lowest BCUT2D eigenvalue weighted by molar-refractivity contribution is 0.305. The quantitative estimate of drug-likeness (QED) is 0.865. The topological polar surface area (TPSA) is 68.3 Å². The average Bonchev–Trinajstić information content (AvgIpc) is 2.48. The Kier molecular flexibility index (Phi) is 4.11. The Morgan fingerprint density at radius 3 is 2.65 bits per heavy atom.